The Balaban J connectivity index is 1.30. The van der Waals surface area contributed by atoms with Crippen LogP contribution in [0.5, 0.6) is 0 Å². The largest absolute Gasteiger partial charge is 0.351 e. The molecule has 0 aliphatic carbocycles. The van der Waals surface area contributed by atoms with E-state index in [2.05, 4.69) is 37.8 Å². The van der Waals surface area contributed by atoms with Crippen molar-refractivity contribution in [3.05, 3.63) is 63.9 Å². The summed E-state index contributed by atoms with van der Waals surface area (Å²) in [6.07, 6.45) is 0. The van der Waals surface area contributed by atoms with Crippen molar-refractivity contribution in [2.45, 2.75) is 0 Å². The number of H-pyrrole nitrogens is 1. The molecule has 7 heteroatoms. The maximum absolute atomic E-state index is 12.8. The molecule has 0 unspecified atom stereocenters. The Labute approximate surface area is 177 Å². The third-order valence-electron chi connectivity index (χ3n) is 4.90. The van der Waals surface area contributed by atoms with Crippen molar-refractivity contribution in [1.29, 1.82) is 0 Å². The molecule has 0 radical (unpaired) electrons. The number of aromatic amines is 1. The Bertz CT molecular complexity index is 975. The summed E-state index contributed by atoms with van der Waals surface area (Å²) in [6, 6.07) is 17.5. The summed E-state index contributed by atoms with van der Waals surface area (Å²) in [7, 11) is 0. The molecule has 144 valence electrons. The minimum Gasteiger partial charge on any atom is -0.351 e. The average Bonchev–Trinajstić information content (AvgIpc) is 3.12. The van der Waals surface area contributed by atoms with Gasteiger partial charge in [0.25, 0.3) is 5.91 Å². The van der Waals surface area contributed by atoms with Crippen molar-refractivity contribution in [1.82, 2.24) is 14.8 Å². The van der Waals surface area contributed by atoms with Crippen LogP contribution in [0, 0.1) is 3.57 Å². The number of carbonyl (C=O) groups is 2. The lowest BCUT2D eigenvalue weighted by Crippen LogP contribution is -2.50. The molecule has 4 rings (SSSR count). The van der Waals surface area contributed by atoms with Gasteiger partial charge in [0.15, 0.2) is 0 Å². The molecule has 2 aromatic carbocycles. The summed E-state index contributed by atoms with van der Waals surface area (Å²) < 4.78 is 1.08. The summed E-state index contributed by atoms with van der Waals surface area (Å²) in [6.45, 7) is 2.94. The van der Waals surface area contributed by atoms with E-state index >= 15 is 0 Å². The Morgan fingerprint density at radius 1 is 1.00 bits per heavy atom. The van der Waals surface area contributed by atoms with Crippen molar-refractivity contribution in [3.8, 4) is 0 Å². The zero-order valence-corrected chi connectivity index (χ0v) is 17.5. The lowest BCUT2D eigenvalue weighted by atomic mass is 10.2. The predicted molar refractivity (Wildman–Crippen MR) is 118 cm³/mol. The van der Waals surface area contributed by atoms with Crippen LogP contribution in [0.2, 0.25) is 0 Å². The second-order valence-corrected chi connectivity index (χ2v) is 8.14. The van der Waals surface area contributed by atoms with Crippen molar-refractivity contribution in [2.75, 3.05) is 38.0 Å². The molecule has 1 saturated heterocycles. The number of halogens is 1. The number of rotatable bonds is 4. The molecule has 2 amide bonds. The summed E-state index contributed by atoms with van der Waals surface area (Å²) >= 11 is 2.22. The fourth-order valence-corrected chi connectivity index (χ4v) is 3.98. The number of amides is 2. The van der Waals surface area contributed by atoms with E-state index in [1.54, 1.807) is 0 Å². The average molecular weight is 488 g/mol. The number of nitrogens with zero attached hydrogens (tertiary/aromatic N) is 2. The van der Waals surface area contributed by atoms with Gasteiger partial charge in [-0.3, -0.25) is 14.5 Å². The third-order valence-corrected chi connectivity index (χ3v) is 5.57. The zero-order valence-electron chi connectivity index (χ0n) is 15.3. The molecule has 0 spiro atoms. The minimum absolute atomic E-state index is 0.0131. The van der Waals surface area contributed by atoms with E-state index in [1.807, 2.05) is 59.5 Å². The molecule has 1 fully saturated rings. The first-order chi connectivity index (χ1) is 13.6. The van der Waals surface area contributed by atoms with E-state index in [9.17, 15) is 9.59 Å². The van der Waals surface area contributed by atoms with Crippen LogP contribution in [0.3, 0.4) is 0 Å². The van der Waals surface area contributed by atoms with Gasteiger partial charge in [-0.2, -0.15) is 0 Å². The van der Waals surface area contributed by atoms with E-state index in [0.717, 1.165) is 20.2 Å². The molecule has 3 aromatic rings. The van der Waals surface area contributed by atoms with Crippen molar-refractivity contribution in [3.63, 3.8) is 0 Å². The van der Waals surface area contributed by atoms with Gasteiger partial charge in [-0.25, -0.2) is 0 Å². The van der Waals surface area contributed by atoms with Gasteiger partial charge in [-0.15, -0.1) is 0 Å². The Hall–Kier alpha value is -2.39. The minimum atomic E-state index is -0.0302. The summed E-state index contributed by atoms with van der Waals surface area (Å²) in [5.41, 5.74) is 2.40. The first-order valence-electron chi connectivity index (χ1n) is 9.23. The maximum atomic E-state index is 12.8. The van der Waals surface area contributed by atoms with Crippen LogP contribution in [0.15, 0.2) is 54.6 Å². The van der Waals surface area contributed by atoms with E-state index in [4.69, 9.17) is 0 Å². The van der Waals surface area contributed by atoms with E-state index in [0.29, 0.717) is 38.4 Å². The van der Waals surface area contributed by atoms with Crippen LogP contribution < -0.4 is 5.32 Å². The molecule has 1 aliphatic rings. The number of piperazine rings is 1. The molecule has 1 aliphatic heterocycles. The predicted octanol–water partition coefficient (Wildman–Crippen LogP) is 3.17. The highest BCUT2D eigenvalue weighted by molar-refractivity contribution is 14.1. The number of benzene rings is 2. The smallest absolute Gasteiger partial charge is 0.270 e. The number of hydrogen-bond acceptors (Lipinski definition) is 3. The number of hydrogen-bond donors (Lipinski definition) is 2. The monoisotopic (exact) mass is 488 g/mol. The van der Waals surface area contributed by atoms with Gasteiger partial charge in [-0.05, 0) is 52.9 Å². The Morgan fingerprint density at radius 2 is 1.79 bits per heavy atom. The molecule has 0 atom stereocenters. The maximum Gasteiger partial charge on any atom is 0.270 e. The number of carbonyl (C=O) groups excluding carboxylic acids is 2. The van der Waals surface area contributed by atoms with Crippen molar-refractivity contribution < 1.29 is 9.59 Å². The molecular weight excluding hydrogens is 467 g/mol. The van der Waals surface area contributed by atoms with Crippen LogP contribution in [0.25, 0.3) is 10.9 Å². The number of fused-ring (bicyclic) bond motifs is 1. The number of nitrogens with one attached hydrogen (secondary N) is 2. The first kappa shape index (κ1) is 18.9. The molecular formula is C21H21IN4O2. The summed E-state index contributed by atoms with van der Waals surface area (Å²) in [5, 5.41) is 3.97. The molecule has 0 bridgehead atoms. The fraction of sp³-hybridized carbons (Fsp3) is 0.238. The highest BCUT2D eigenvalue weighted by Gasteiger charge is 2.24. The third kappa shape index (κ3) is 4.36. The summed E-state index contributed by atoms with van der Waals surface area (Å²) in [5.74, 6) is -0.0171. The second-order valence-electron chi connectivity index (χ2n) is 6.90. The molecule has 28 heavy (non-hydrogen) atoms. The normalized spacial score (nSPS) is 15.0. The van der Waals surface area contributed by atoms with Crippen molar-refractivity contribution in [2.24, 2.45) is 0 Å². The SMILES string of the molecule is O=C(CN1CCN(C(=O)c2cc3ccccc3[nH]2)CC1)Nc1cccc(I)c1. The van der Waals surface area contributed by atoms with E-state index < -0.39 is 0 Å². The van der Waals surface area contributed by atoms with Gasteiger partial charge >= 0.3 is 0 Å². The molecule has 2 heterocycles. The number of anilines is 1. The van der Waals surface area contributed by atoms with Crippen LogP contribution in [0.1, 0.15) is 10.5 Å². The molecule has 0 saturated carbocycles. The van der Waals surface area contributed by atoms with Gasteiger partial charge in [-0.1, -0.05) is 24.3 Å². The Morgan fingerprint density at radius 3 is 2.54 bits per heavy atom. The lowest BCUT2D eigenvalue weighted by Gasteiger charge is -2.34. The van der Waals surface area contributed by atoms with Crippen LogP contribution in [-0.2, 0) is 4.79 Å². The van der Waals surface area contributed by atoms with Gasteiger partial charge in [0.2, 0.25) is 5.91 Å². The molecule has 2 N–H and O–H groups in total. The van der Waals surface area contributed by atoms with E-state index in [-0.39, 0.29) is 11.8 Å². The lowest BCUT2D eigenvalue weighted by molar-refractivity contribution is -0.117. The van der Waals surface area contributed by atoms with Crippen LogP contribution in [0.4, 0.5) is 5.69 Å². The zero-order chi connectivity index (χ0) is 19.5. The van der Waals surface area contributed by atoms with E-state index in [1.165, 1.54) is 0 Å². The molecule has 1 aromatic heterocycles. The molecule has 6 nitrogen and oxygen atoms in total. The topological polar surface area (TPSA) is 68.4 Å². The number of aromatic nitrogens is 1. The Kier molecular flexibility index (Phi) is 5.63. The van der Waals surface area contributed by atoms with Gasteiger partial charge in [0.05, 0.1) is 6.54 Å². The van der Waals surface area contributed by atoms with Gasteiger partial charge < -0.3 is 15.2 Å². The standard InChI is InChI=1S/C21H21IN4O2/c22-16-5-3-6-17(13-16)23-20(27)14-25-8-10-26(11-9-25)21(28)19-12-15-4-1-2-7-18(15)24-19/h1-7,12-13,24H,8-11,14H2,(H,23,27). The van der Waals surface area contributed by atoms with Crippen LogP contribution >= 0.6 is 22.6 Å². The van der Waals surface area contributed by atoms with Gasteiger partial charge in [0.1, 0.15) is 5.69 Å². The highest BCUT2D eigenvalue weighted by Crippen LogP contribution is 2.17. The van der Waals surface area contributed by atoms with Gasteiger partial charge in [0, 0.05) is 46.3 Å². The summed E-state index contributed by atoms with van der Waals surface area (Å²) in [4.78, 5) is 32.2. The number of para-hydroxylation sites is 1. The van der Waals surface area contributed by atoms with Crippen LogP contribution in [-0.4, -0.2) is 59.3 Å². The quantitative estimate of drug-likeness (QED) is 0.555. The van der Waals surface area contributed by atoms with Crippen molar-refractivity contribution >= 4 is 51.0 Å². The second kappa shape index (κ2) is 8.32. The first-order valence-corrected chi connectivity index (χ1v) is 10.3. The fourth-order valence-electron chi connectivity index (χ4n) is 3.44. The highest BCUT2D eigenvalue weighted by atomic mass is 127.